The molecule has 0 saturated heterocycles. The molecule has 1 aromatic heterocycles. The molecule has 0 amide bonds. The summed E-state index contributed by atoms with van der Waals surface area (Å²) in [6.07, 6.45) is 3.50. The lowest BCUT2D eigenvalue weighted by molar-refractivity contribution is 0.0698. The quantitative estimate of drug-likeness (QED) is 0.774. The van der Waals surface area contributed by atoms with Crippen LogP contribution in [-0.2, 0) is 0 Å². The highest BCUT2D eigenvalue weighted by Gasteiger charge is 2.11. The number of carboxylic acids is 1. The van der Waals surface area contributed by atoms with Gasteiger partial charge in [-0.2, -0.15) is 5.10 Å². The highest BCUT2D eigenvalue weighted by molar-refractivity contribution is 5.95. The molecule has 0 bridgehead atoms. The number of hydrogen-bond donors (Lipinski definition) is 2. The molecule has 5 nitrogen and oxygen atoms in total. The van der Waals surface area contributed by atoms with Crippen molar-refractivity contribution in [3.8, 4) is 5.69 Å². The second-order valence-electron chi connectivity index (χ2n) is 4.62. The summed E-state index contributed by atoms with van der Waals surface area (Å²) >= 11 is 0. The Labute approximate surface area is 125 Å². The summed E-state index contributed by atoms with van der Waals surface area (Å²) in [4.78, 5) is 11.2. The molecule has 22 heavy (non-hydrogen) atoms. The van der Waals surface area contributed by atoms with E-state index in [9.17, 15) is 9.18 Å². The first-order valence-electron chi connectivity index (χ1n) is 6.53. The fourth-order valence-electron chi connectivity index (χ4n) is 2.08. The first kappa shape index (κ1) is 13.8. The third kappa shape index (κ3) is 2.80. The maximum absolute atomic E-state index is 13.3. The highest BCUT2D eigenvalue weighted by atomic mass is 19.1. The van der Waals surface area contributed by atoms with Crippen molar-refractivity contribution in [1.82, 2.24) is 9.78 Å². The van der Waals surface area contributed by atoms with E-state index in [0.717, 1.165) is 17.8 Å². The van der Waals surface area contributed by atoms with E-state index in [0.29, 0.717) is 5.69 Å². The molecule has 3 rings (SSSR count). The number of aromatic nitrogens is 2. The molecule has 0 spiro atoms. The Hall–Kier alpha value is -3.15. The summed E-state index contributed by atoms with van der Waals surface area (Å²) in [6.45, 7) is 0. The van der Waals surface area contributed by atoms with Crippen molar-refractivity contribution in [2.24, 2.45) is 0 Å². The van der Waals surface area contributed by atoms with Crippen LogP contribution in [0.3, 0.4) is 0 Å². The van der Waals surface area contributed by atoms with Crippen LogP contribution in [0, 0.1) is 5.82 Å². The number of nitrogens with one attached hydrogen (secondary N) is 1. The van der Waals surface area contributed by atoms with Gasteiger partial charge in [-0.25, -0.2) is 13.9 Å². The van der Waals surface area contributed by atoms with Crippen molar-refractivity contribution in [3.63, 3.8) is 0 Å². The van der Waals surface area contributed by atoms with Crippen LogP contribution < -0.4 is 5.32 Å². The van der Waals surface area contributed by atoms with Crippen molar-refractivity contribution in [2.45, 2.75) is 0 Å². The van der Waals surface area contributed by atoms with E-state index in [4.69, 9.17) is 5.11 Å². The number of rotatable bonds is 4. The third-order valence-corrected chi connectivity index (χ3v) is 3.13. The maximum atomic E-state index is 13.3. The number of halogens is 1. The molecule has 0 atom stereocenters. The summed E-state index contributed by atoms with van der Waals surface area (Å²) < 4.78 is 15.0. The van der Waals surface area contributed by atoms with Gasteiger partial charge in [-0.15, -0.1) is 0 Å². The van der Waals surface area contributed by atoms with Gasteiger partial charge in [0.05, 0.1) is 16.9 Å². The largest absolute Gasteiger partial charge is 0.478 e. The third-order valence-electron chi connectivity index (χ3n) is 3.13. The smallest absolute Gasteiger partial charge is 0.337 e. The molecule has 0 saturated carbocycles. The van der Waals surface area contributed by atoms with Crippen LogP contribution in [-0.4, -0.2) is 20.9 Å². The number of nitrogens with zero attached hydrogens (tertiary/aromatic N) is 2. The summed E-state index contributed by atoms with van der Waals surface area (Å²) in [5.41, 5.74) is 1.74. The minimum absolute atomic E-state index is 0.0116. The van der Waals surface area contributed by atoms with Crippen LogP contribution in [0.2, 0.25) is 0 Å². The molecule has 1 heterocycles. The molecule has 0 aliphatic rings. The van der Waals surface area contributed by atoms with E-state index >= 15 is 0 Å². The van der Waals surface area contributed by atoms with Crippen molar-refractivity contribution in [2.75, 3.05) is 5.32 Å². The Morgan fingerprint density at radius 1 is 1.18 bits per heavy atom. The van der Waals surface area contributed by atoms with Crippen LogP contribution in [0.25, 0.3) is 5.69 Å². The van der Waals surface area contributed by atoms with Crippen molar-refractivity contribution >= 4 is 17.3 Å². The second-order valence-corrected chi connectivity index (χ2v) is 4.62. The van der Waals surface area contributed by atoms with E-state index in [-0.39, 0.29) is 11.3 Å². The molecular weight excluding hydrogens is 285 g/mol. The first-order valence-corrected chi connectivity index (χ1v) is 6.53. The Morgan fingerprint density at radius 2 is 1.95 bits per heavy atom. The monoisotopic (exact) mass is 297 g/mol. The van der Waals surface area contributed by atoms with Gasteiger partial charge >= 0.3 is 5.97 Å². The molecule has 3 aromatic rings. The van der Waals surface area contributed by atoms with Crippen LogP contribution >= 0.6 is 0 Å². The zero-order chi connectivity index (χ0) is 15.5. The summed E-state index contributed by atoms with van der Waals surface area (Å²) in [5, 5.41) is 16.2. The SMILES string of the molecule is O=C(O)c1ccc(F)cc1Nc1ccc(-n2cccn2)cc1. The van der Waals surface area contributed by atoms with Crippen molar-refractivity contribution in [3.05, 3.63) is 72.3 Å². The molecule has 2 aromatic carbocycles. The molecular formula is C16H12FN3O2. The second kappa shape index (κ2) is 5.69. The molecule has 0 aliphatic carbocycles. The van der Waals surface area contributed by atoms with Crippen LogP contribution in [0.4, 0.5) is 15.8 Å². The molecule has 0 fully saturated rings. The fourth-order valence-corrected chi connectivity index (χ4v) is 2.08. The Bertz CT molecular complexity index is 799. The van der Waals surface area contributed by atoms with E-state index in [1.807, 2.05) is 24.4 Å². The molecule has 110 valence electrons. The minimum Gasteiger partial charge on any atom is -0.478 e. The first-order chi connectivity index (χ1) is 10.6. The van der Waals surface area contributed by atoms with Gasteiger partial charge < -0.3 is 10.4 Å². The van der Waals surface area contributed by atoms with E-state index in [1.165, 1.54) is 6.07 Å². The lowest BCUT2D eigenvalue weighted by atomic mass is 10.1. The highest BCUT2D eigenvalue weighted by Crippen LogP contribution is 2.23. The Kier molecular flexibility index (Phi) is 3.57. The van der Waals surface area contributed by atoms with Crippen molar-refractivity contribution < 1.29 is 14.3 Å². The number of aromatic carboxylic acids is 1. The standard InChI is InChI=1S/C16H12FN3O2/c17-11-2-7-14(16(21)22)15(10-11)19-12-3-5-13(6-4-12)20-9-1-8-18-20/h1-10,19H,(H,21,22). The zero-order valence-corrected chi connectivity index (χ0v) is 11.4. The molecule has 6 heteroatoms. The summed E-state index contributed by atoms with van der Waals surface area (Å²) in [5.74, 6) is -1.61. The average Bonchev–Trinajstić information content (AvgIpc) is 3.02. The minimum atomic E-state index is -1.12. The topological polar surface area (TPSA) is 67.2 Å². The van der Waals surface area contributed by atoms with Gasteiger partial charge in [0.2, 0.25) is 0 Å². The number of benzene rings is 2. The van der Waals surface area contributed by atoms with Crippen LogP contribution in [0.5, 0.6) is 0 Å². The van der Waals surface area contributed by atoms with E-state index in [2.05, 4.69) is 10.4 Å². The van der Waals surface area contributed by atoms with Gasteiger partial charge in [0.15, 0.2) is 0 Å². The van der Waals surface area contributed by atoms with E-state index in [1.54, 1.807) is 23.0 Å². The lowest BCUT2D eigenvalue weighted by Gasteiger charge is -2.10. The van der Waals surface area contributed by atoms with Crippen LogP contribution in [0.15, 0.2) is 60.9 Å². The van der Waals surface area contributed by atoms with Gasteiger partial charge in [-0.05, 0) is 48.5 Å². The number of hydrogen-bond acceptors (Lipinski definition) is 3. The molecule has 0 aliphatic heterocycles. The van der Waals surface area contributed by atoms with Gasteiger partial charge in [-0.1, -0.05) is 0 Å². The number of anilines is 2. The van der Waals surface area contributed by atoms with Gasteiger partial charge in [0.25, 0.3) is 0 Å². The predicted octanol–water partition coefficient (Wildman–Crippen LogP) is 3.45. The molecule has 2 N–H and O–H groups in total. The lowest BCUT2D eigenvalue weighted by Crippen LogP contribution is -2.03. The number of carbonyl (C=O) groups is 1. The Balaban J connectivity index is 1.87. The summed E-state index contributed by atoms with van der Waals surface area (Å²) in [6, 6.07) is 12.5. The van der Waals surface area contributed by atoms with Crippen molar-refractivity contribution in [1.29, 1.82) is 0 Å². The Morgan fingerprint density at radius 3 is 2.59 bits per heavy atom. The maximum Gasteiger partial charge on any atom is 0.337 e. The average molecular weight is 297 g/mol. The van der Waals surface area contributed by atoms with Gasteiger partial charge in [0.1, 0.15) is 5.82 Å². The van der Waals surface area contributed by atoms with Gasteiger partial charge in [-0.3, -0.25) is 0 Å². The number of carboxylic acid groups (broad SMARTS) is 1. The molecule has 0 unspecified atom stereocenters. The predicted molar refractivity (Wildman–Crippen MR) is 80.2 cm³/mol. The fraction of sp³-hybridized carbons (Fsp3) is 0. The van der Waals surface area contributed by atoms with E-state index < -0.39 is 11.8 Å². The summed E-state index contributed by atoms with van der Waals surface area (Å²) in [7, 11) is 0. The molecule has 0 radical (unpaired) electrons. The zero-order valence-electron chi connectivity index (χ0n) is 11.4. The van der Waals surface area contributed by atoms with Gasteiger partial charge in [0, 0.05) is 18.1 Å². The normalized spacial score (nSPS) is 10.4. The van der Waals surface area contributed by atoms with Crippen LogP contribution in [0.1, 0.15) is 10.4 Å².